The van der Waals surface area contributed by atoms with Crippen molar-refractivity contribution in [2.75, 3.05) is 4.90 Å². The minimum absolute atomic E-state index is 0.0101. The zero-order valence-corrected chi connectivity index (χ0v) is 13.4. The van der Waals surface area contributed by atoms with Crippen molar-refractivity contribution in [1.82, 2.24) is 19.6 Å². The Morgan fingerprint density at radius 1 is 0.875 bits per heavy atom. The summed E-state index contributed by atoms with van der Waals surface area (Å²) in [6.07, 6.45) is 0. The summed E-state index contributed by atoms with van der Waals surface area (Å²) in [6, 6.07) is 0. The zero-order chi connectivity index (χ0) is 18.7. The zero-order valence-electron chi connectivity index (χ0n) is 13.4. The molecule has 24 heavy (non-hydrogen) atoms. The van der Waals surface area contributed by atoms with Crippen LogP contribution in [-0.4, -0.2) is 101 Å². The molecule has 18 radical (unpaired) electrons. The summed E-state index contributed by atoms with van der Waals surface area (Å²) in [6.45, 7) is 2.91. The molecule has 0 aromatic carbocycles. The van der Waals surface area contributed by atoms with E-state index in [1.165, 1.54) is 23.3 Å². The summed E-state index contributed by atoms with van der Waals surface area (Å²) in [4.78, 5) is 9.24. The lowest BCUT2D eigenvalue weighted by molar-refractivity contribution is 0.652. The summed E-state index contributed by atoms with van der Waals surface area (Å²) >= 11 is 0. The van der Waals surface area contributed by atoms with Gasteiger partial charge in [0, 0.05) is 5.69 Å². The molecule has 0 saturated carbocycles. The van der Waals surface area contributed by atoms with Gasteiger partial charge in [-0.05, 0) is 16.1 Å². The van der Waals surface area contributed by atoms with Gasteiger partial charge in [0.2, 0.25) is 0 Å². The number of rotatable bonds is 4. The second-order valence-corrected chi connectivity index (χ2v) is 6.10. The summed E-state index contributed by atoms with van der Waals surface area (Å²) in [5.41, 5.74) is -0.261. The van der Waals surface area contributed by atoms with E-state index in [9.17, 15) is 0 Å². The van der Waals surface area contributed by atoms with Crippen molar-refractivity contribution in [1.29, 1.82) is 0 Å². The molecule has 5 nitrogen and oxygen atoms in total. The minimum Gasteiger partial charge on any atom is -0.381 e. The third kappa shape index (κ3) is 3.47. The standard InChI is InChI=1S/C10H6B9N5/c1-8(13,14)24(9(2,15)16)5-3(11)4(10(17,18)19)20-7-21-6(12)22-23(5)7/h1-2H3. The lowest BCUT2D eigenvalue weighted by atomic mass is 9.40. The van der Waals surface area contributed by atoms with E-state index in [-0.39, 0.29) is 28.5 Å². The summed E-state index contributed by atoms with van der Waals surface area (Å²) in [7, 11) is 53.0. The summed E-state index contributed by atoms with van der Waals surface area (Å²) in [5, 5.41) is -0.996. The van der Waals surface area contributed by atoms with Crippen molar-refractivity contribution in [2.45, 2.75) is 29.6 Å². The Kier molecular flexibility index (Phi) is 4.60. The molecule has 0 N–H and O–H groups in total. The monoisotopic (exact) mass is 295 g/mol. The molecule has 0 fully saturated rings. The highest BCUT2D eigenvalue weighted by Gasteiger charge is 2.35. The molecule has 2 rings (SSSR count). The molecule has 14 heteroatoms. The van der Waals surface area contributed by atoms with Crippen LogP contribution in [0.4, 0.5) is 5.82 Å². The molecule has 0 aliphatic rings. The molecule has 0 aliphatic carbocycles. The Morgan fingerprint density at radius 3 is 1.79 bits per heavy atom. The van der Waals surface area contributed by atoms with Crippen LogP contribution in [0.15, 0.2) is 0 Å². The third-order valence-electron chi connectivity index (χ3n) is 3.10. The van der Waals surface area contributed by atoms with E-state index in [0.29, 0.717) is 0 Å². The molecule has 98 valence electrons. The van der Waals surface area contributed by atoms with Crippen molar-refractivity contribution in [3.63, 3.8) is 0 Å². The average Bonchev–Trinajstić information content (AvgIpc) is 2.68. The van der Waals surface area contributed by atoms with Crippen LogP contribution >= 0.6 is 0 Å². The molecule has 2 aromatic rings. The van der Waals surface area contributed by atoms with Gasteiger partial charge >= 0.3 is 0 Å². The van der Waals surface area contributed by atoms with Crippen LogP contribution in [0.3, 0.4) is 0 Å². The molecule has 0 saturated heterocycles. The molecule has 0 bridgehead atoms. The molecular weight excluding hydrogens is 287 g/mol. The van der Waals surface area contributed by atoms with Crippen LogP contribution in [0.25, 0.3) is 5.78 Å². The molecule has 0 atom stereocenters. The van der Waals surface area contributed by atoms with Gasteiger partial charge in [-0.25, -0.2) is 9.97 Å². The van der Waals surface area contributed by atoms with Gasteiger partial charge in [0.1, 0.15) is 13.7 Å². The van der Waals surface area contributed by atoms with E-state index in [4.69, 9.17) is 70.6 Å². The van der Waals surface area contributed by atoms with E-state index in [1.807, 2.05) is 0 Å². The number of anilines is 1. The Bertz CT molecular complexity index is 756. The normalized spacial score (nSPS) is 13.2. The molecule has 2 aromatic heterocycles. The van der Waals surface area contributed by atoms with Crippen molar-refractivity contribution < 1.29 is 0 Å². The van der Waals surface area contributed by atoms with Crippen LogP contribution in [0.2, 0.25) is 0 Å². The highest BCUT2D eigenvalue weighted by atomic mass is 15.4. The SMILES string of the molecule is [B]c1nc2nc(C([B])([B])[B])c([B])c(N(C([B])([B])C)C([B])([B])C)n2n1. The third-order valence-corrected chi connectivity index (χ3v) is 3.10. The minimum atomic E-state index is -1.88. The Balaban J connectivity index is 2.97. The first-order valence-electron chi connectivity index (χ1n) is 6.78. The Morgan fingerprint density at radius 2 is 1.38 bits per heavy atom. The number of fused-ring (bicyclic) bond motifs is 1. The molecule has 0 aliphatic heterocycles. The lowest BCUT2D eigenvalue weighted by Gasteiger charge is -2.50. The number of nitrogens with zero attached hydrogens (tertiary/aromatic N) is 5. The van der Waals surface area contributed by atoms with Crippen molar-refractivity contribution >= 4 is 93.4 Å². The van der Waals surface area contributed by atoms with Crippen LogP contribution in [0.1, 0.15) is 19.5 Å². The van der Waals surface area contributed by atoms with E-state index in [2.05, 4.69) is 15.1 Å². The molecule has 0 spiro atoms. The van der Waals surface area contributed by atoms with Gasteiger partial charge < -0.3 is 4.90 Å². The van der Waals surface area contributed by atoms with Gasteiger partial charge in [0.05, 0.1) is 60.6 Å². The maximum Gasteiger partial charge on any atom is 0.253 e. The average molecular weight is 294 g/mol. The summed E-state index contributed by atoms with van der Waals surface area (Å²) < 4.78 is 1.18. The number of hydrogen-bond donors (Lipinski definition) is 0. The molecule has 2 heterocycles. The van der Waals surface area contributed by atoms with Crippen molar-refractivity contribution in [3.8, 4) is 0 Å². The smallest absolute Gasteiger partial charge is 0.253 e. The lowest BCUT2D eigenvalue weighted by Crippen LogP contribution is -2.63. The second-order valence-electron chi connectivity index (χ2n) is 6.10. The van der Waals surface area contributed by atoms with Crippen molar-refractivity contribution in [2.24, 2.45) is 0 Å². The Hall–Kier alpha value is -1.07. The first-order valence-corrected chi connectivity index (χ1v) is 6.78. The maximum absolute atomic E-state index is 6.14. The molecule has 0 unspecified atom stereocenters. The van der Waals surface area contributed by atoms with Crippen molar-refractivity contribution in [3.05, 3.63) is 5.69 Å². The maximum atomic E-state index is 6.14. The van der Waals surface area contributed by atoms with Gasteiger partial charge in [0.25, 0.3) is 5.78 Å². The highest BCUT2D eigenvalue weighted by molar-refractivity contribution is 6.60. The van der Waals surface area contributed by atoms with E-state index in [0.717, 1.165) is 0 Å². The Labute approximate surface area is 153 Å². The fraction of sp³-hybridized carbons (Fsp3) is 0.500. The van der Waals surface area contributed by atoms with Gasteiger partial charge in [0.15, 0.2) is 7.85 Å². The molecular formula is C10H6B9N5. The van der Waals surface area contributed by atoms with E-state index >= 15 is 0 Å². The first kappa shape index (κ1) is 19.3. The fourth-order valence-electron chi connectivity index (χ4n) is 2.43. The van der Waals surface area contributed by atoms with E-state index < -0.39 is 15.8 Å². The quantitative estimate of drug-likeness (QED) is 0.531. The number of aromatic nitrogens is 4. The predicted octanol–water partition coefficient (Wildman–Crippen LogP) is -4.84. The highest BCUT2D eigenvalue weighted by Crippen LogP contribution is 2.26. The second kappa shape index (κ2) is 5.74. The predicted molar refractivity (Wildman–Crippen MR) is 103 cm³/mol. The van der Waals surface area contributed by atoms with Gasteiger partial charge in [-0.15, -0.1) is 0 Å². The summed E-state index contributed by atoms with van der Waals surface area (Å²) in [5.74, 6) is 0.0563. The van der Waals surface area contributed by atoms with Gasteiger partial charge in [-0.1, -0.05) is 19.0 Å². The number of hydrogen-bond acceptors (Lipinski definition) is 4. The molecule has 0 amide bonds. The van der Waals surface area contributed by atoms with Crippen LogP contribution in [0, 0.1) is 0 Å². The van der Waals surface area contributed by atoms with Crippen LogP contribution in [-0.2, 0) is 5.11 Å². The first-order chi connectivity index (χ1) is 10.6. The largest absolute Gasteiger partial charge is 0.381 e. The topological polar surface area (TPSA) is 46.3 Å². The van der Waals surface area contributed by atoms with Gasteiger partial charge in [-0.3, -0.25) is 0 Å². The van der Waals surface area contributed by atoms with Crippen LogP contribution < -0.4 is 16.1 Å². The van der Waals surface area contributed by atoms with Crippen LogP contribution in [0.5, 0.6) is 0 Å². The fourth-order valence-corrected chi connectivity index (χ4v) is 2.43. The van der Waals surface area contributed by atoms with Gasteiger partial charge in [-0.2, -0.15) is 9.61 Å². The van der Waals surface area contributed by atoms with E-state index in [1.54, 1.807) is 0 Å².